The van der Waals surface area contributed by atoms with Gasteiger partial charge in [-0.05, 0) is 109 Å². The van der Waals surface area contributed by atoms with E-state index < -0.39 is 12.1 Å². The van der Waals surface area contributed by atoms with Crippen molar-refractivity contribution >= 4 is 17.9 Å². The molecule has 0 amide bonds. The largest absolute Gasteiger partial charge is 0.462 e. The molecule has 71 heavy (non-hydrogen) atoms. The number of rotatable bonds is 52. The van der Waals surface area contributed by atoms with E-state index >= 15 is 0 Å². The minimum atomic E-state index is -0.841. The van der Waals surface area contributed by atoms with Gasteiger partial charge in [0.1, 0.15) is 13.2 Å². The van der Waals surface area contributed by atoms with Crippen molar-refractivity contribution in [1.29, 1.82) is 0 Å². The average molecular weight is 986 g/mol. The molecule has 404 valence electrons. The van der Waals surface area contributed by atoms with E-state index in [1.807, 2.05) is 6.08 Å². The van der Waals surface area contributed by atoms with E-state index in [0.29, 0.717) is 19.3 Å². The topological polar surface area (TPSA) is 78.9 Å². The van der Waals surface area contributed by atoms with Crippen LogP contribution in [-0.4, -0.2) is 37.2 Å². The van der Waals surface area contributed by atoms with Crippen molar-refractivity contribution < 1.29 is 28.6 Å². The van der Waals surface area contributed by atoms with Crippen molar-refractivity contribution in [2.24, 2.45) is 0 Å². The molecule has 0 aromatic carbocycles. The zero-order valence-electron chi connectivity index (χ0n) is 46.2. The summed E-state index contributed by atoms with van der Waals surface area (Å²) in [5, 5.41) is 0. The minimum absolute atomic E-state index is 0.0908. The second kappa shape index (κ2) is 58.6. The number of allylic oxidation sites excluding steroid dienone is 17. The Bertz CT molecular complexity index is 1460. The fourth-order valence-electron chi connectivity index (χ4n) is 7.87. The van der Waals surface area contributed by atoms with Gasteiger partial charge >= 0.3 is 17.9 Å². The summed E-state index contributed by atoms with van der Waals surface area (Å²) in [5.74, 6) is -1.07. The van der Waals surface area contributed by atoms with Gasteiger partial charge in [0.2, 0.25) is 0 Å². The lowest BCUT2D eigenvalue weighted by atomic mass is 10.0. The Morgan fingerprint density at radius 3 is 0.958 bits per heavy atom. The smallest absolute Gasteiger partial charge is 0.310 e. The summed E-state index contributed by atoms with van der Waals surface area (Å²) in [5.41, 5.74) is 0. The number of hydrogen-bond acceptors (Lipinski definition) is 6. The van der Waals surface area contributed by atoms with Gasteiger partial charge in [0.05, 0.1) is 6.42 Å². The third kappa shape index (κ3) is 56.9. The molecule has 0 N–H and O–H groups in total. The molecule has 0 aromatic rings. The number of unbranched alkanes of at least 4 members (excludes halogenated alkanes) is 24. The molecule has 0 heterocycles. The fraction of sp³-hybridized carbons (Fsp3) is 0.677. The summed E-state index contributed by atoms with van der Waals surface area (Å²) < 4.78 is 16.7. The molecule has 6 heteroatoms. The van der Waals surface area contributed by atoms with Crippen molar-refractivity contribution in [1.82, 2.24) is 0 Å². The summed E-state index contributed by atoms with van der Waals surface area (Å²) in [6, 6.07) is 0. The van der Waals surface area contributed by atoms with Crippen LogP contribution in [0.25, 0.3) is 0 Å². The summed E-state index contributed by atoms with van der Waals surface area (Å²) in [6.45, 7) is 6.40. The van der Waals surface area contributed by atoms with Crippen molar-refractivity contribution in [2.45, 2.75) is 271 Å². The highest BCUT2D eigenvalue weighted by Gasteiger charge is 2.19. The lowest BCUT2D eigenvalue weighted by molar-refractivity contribution is -0.166. The predicted molar refractivity (Wildman–Crippen MR) is 307 cm³/mol. The molecule has 0 rings (SSSR count). The van der Waals surface area contributed by atoms with Gasteiger partial charge in [-0.1, -0.05) is 246 Å². The van der Waals surface area contributed by atoms with E-state index in [4.69, 9.17) is 14.2 Å². The van der Waals surface area contributed by atoms with Crippen LogP contribution in [0.3, 0.4) is 0 Å². The highest BCUT2D eigenvalue weighted by Crippen LogP contribution is 2.15. The van der Waals surface area contributed by atoms with Crippen LogP contribution in [-0.2, 0) is 28.6 Å². The third-order valence-electron chi connectivity index (χ3n) is 12.3. The first kappa shape index (κ1) is 67.1. The van der Waals surface area contributed by atoms with Gasteiger partial charge in [-0.15, -0.1) is 0 Å². The molecule has 0 aromatic heterocycles. The Kier molecular flexibility index (Phi) is 55.4. The molecule has 1 atom stereocenters. The van der Waals surface area contributed by atoms with Crippen molar-refractivity contribution in [3.8, 4) is 0 Å². The number of carbonyl (C=O) groups excluding carboxylic acids is 3. The van der Waals surface area contributed by atoms with Gasteiger partial charge in [0, 0.05) is 12.8 Å². The maximum absolute atomic E-state index is 12.8. The van der Waals surface area contributed by atoms with Gasteiger partial charge in [-0.25, -0.2) is 0 Å². The van der Waals surface area contributed by atoms with Gasteiger partial charge < -0.3 is 14.2 Å². The number of esters is 3. The summed E-state index contributed by atoms with van der Waals surface area (Å²) in [7, 11) is 0. The standard InChI is InChI=1S/C65H108O6/c1-4-7-10-13-16-19-22-25-28-29-30-31-32-33-34-35-38-40-43-46-49-52-55-58-64(67)70-61-62(71-65(68)59-56-53-50-47-44-41-37-27-24-21-18-15-12-9-6-3)60-69-63(66)57-54-51-48-45-42-39-36-26-23-20-17-14-11-8-5-2/h9,12,17-18,20-22,25-27,29-30,36-37,44,47,53,56,62H,4-8,10-11,13-16,19,23-24,28,31-35,38-43,45-46,48-52,54-55,57-61H2,1-3H3/b12-9-,20-17-,21-18-,25-22-,30-29-,36-26-,37-27-,47-44-,56-53-. The van der Waals surface area contributed by atoms with E-state index in [0.717, 1.165) is 96.3 Å². The van der Waals surface area contributed by atoms with Crippen LogP contribution in [0.5, 0.6) is 0 Å². The molecule has 0 aliphatic heterocycles. The molecule has 1 unspecified atom stereocenters. The monoisotopic (exact) mass is 985 g/mol. The normalized spacial score (nSPS) is 12.9. The quantitative estimate of drug-likeness (QED) is 0.0261. The molecule has 0 saturated carbocycles. The molecule has 0 aliphatic rings. The van der Waals surface area contributed by atoms with Crippen molar-refractivity contribution in [2.75, 3.05) is 13.2 Å². The molecule has 0 saturated heterocycles. The first-order chi connectivity index (χ1) is 35.0. The minimum Gasteiger partial charge on any atom is -0.462 e. The van der Waals surface area contributed by atoms with Crippen molar-refractivity contribution in [3.63, 3.8) is 0 Å². The van der Waals surface area contributed by atoms with Crippen LogP contribution in [0.15, 0.2) is 109 Å². The zero-order valence-corrected chi connectivity index (χ0v) is 46.2. The van der Waals surface area contributed by atoms with Crippen molar-refractivity contribution in [3.05, 3.63) is 109 Å². The van der Waals surface area contributed by atoms with Gasteiger partial charge in [0.15, 0.2) is 6.10 Å². The Morgan fingerprint density at radius 2 is 0.592 bits per heavy atom. The van der Waals surface area contributed by atoms with Gasteiger partial charge in [-0.2, -0.15) is 0 Å². The number of hydrogen-bond donors (Lipinski definition) is 0. The van der Waals surface area contributed by atoms with E-state index in [1.54, 1.807) is 6.08 Å². The van der Waals surface area contributed by atoms with E-state index in [2.05, 4.69) is 118 Å². The van der Waals surface area contributed by atoms with Crippen LogP contribution in [0.4, 0.5) is 0 Å². The van der Waals surface area contributed by atoms with Crippen LogP contribution in [0.1, 0.15) is 265 Å². The SMILES string of the molecule is CC/C=C\C/C=C\C/C=C\C/C=C\C/C=C\CC(=O)OC(COC(=O)CCCCCCC/C=C\C/C=C\CCCCC)COC(=O)CCCCCCCCCCCCC/C=C\C/C=C\CCCCCCC. The van der Waals surface area contributed by atoms with Crippen LogP contribution in [0, 0.1) is 0 Å². The molecule has 0 aliphatic carbocycles. The van der Waals surface area contributed by atoms with E-state index in [9.17, 15) is 14.4 Å². The summed E-state index contributed by atoms with van der Waals surface area (Å²) >= 11 is 0. The molecule has 0 radical (unpaired) electrons. The molecule has 6 nitrogen and oxygen atoms in total. The van der Waals surface area contributed by atoms with E-state index in [1.165, 1.54) is 122 Å². The number of ether oxygens (including phenoxy) is 3. The summed E-state index contributed by atoms with van der Waals surface area (Å²) in [4.78, 5) is 38.1. The lowest BCUT2D eigenvalue weighted by Gasteiger charge is -2.18. The Labute approximate surface area is 438 Å². The molecule has 0 fully saturated rings. The van der Waals surface area contributed by atoms with Gasteiger partial charge in [0.25, 0.3) is 0 Å². The highest BCUT2D eigenvalue weighted by atomic mass is 16.6. The lowest BCUT2D eigenvalue weighted by Crippen LogP contribution is -2.30. The van der Waals surface area contributed by atoms with Crippen LogP contribution < -0.4 is 0 Å². The first-order valence-electron chi connectivity index (χ1n) is 29.4. The Hall–Kier alpha value is -3.93. The highest BCUT2D eigenvalue weighted by molar-refractivity contribution is 5.72. The van der Waals surface area contributed by atoms with Crippen LogP contribution >= 0.6 is 0 Å². The average Bonchev–Trinajstić information content (AvgIpc) is 3.37. The maximum atomic E-state index is 12.8. The van der Waals surface area contributed by atoms with E-state index in [-0.39, 0.29) is 31.6 Å². The fourth-order valence-corrected chi connectivity index (χ4v) is 7.87. The third-order valence-corrected chi connectivity index (χ3v) is 12.3. The maximum Gasteiger partial charge on any atom is 0.310 e. The van der Waals surface area contributed by atoms with Gasteiger partial charge in [-0.3, -0.25) is 14.4 Å². The second-order valence-corrected chi connectivity index (χ2v) is 19.2. The molecule has 0 spiro atoms. The molecular formula is C65H108O6. The Morgan fingerprint density at radius 1 is 0.310 bits per heavy atom. The molecule has 0 bridgehead atoms. The predicted octanol–water partition coefficient (Wildman–Crippen LogP) is 19.9. The second-order valence-electron chi connectivity index (χ2n) is 19.2. The zero-order chi connectivity index (χ0) is 51.4. The molecular weight excluding hydrogens is 877 g/mol. The summed E-state index contributed by atoms with van der Waals surface area (Å²) in [6.07, 6.45) is 79.7. The first-order valence-corrected chi connectivity index (χ1v) is 29.4. The number of carbonyl (C=O) groups is 3. The van der Waals surface area contributed by atoms with Crippen LogP contribution in [0.2, 0.25) is 0 Å². The Balaban J connectivity index is 4.44.